The van der Waals surface area contributed by atoms with E-state index in [0.29, 0.717) is 11.3 Å². The lowest BCUT2D eigenvalue weighted by Crippen LogP contribution is -2.32. The number of hydrogen-bond donors (Lipinski definition) is 2. The van der Waals surface area contributed by atoms with Gasteiger partial charge in [0.15, 0.2) is 0 Å². The third-order valence-corrected chi connectivity index (χ3v) is 3.65. The molecule has 0 saturated heterocycles. The summed E-state index contributed by atoms with van der Waals surface area (Å²) in [6, 6.07) is 14.4. The van der Waals surface area contributed by atoms with Crippen LogP contribution in [-0.4, -0.2) is 23.0 Å². The Morgan fingerprint density at radius 3 is 2.62 bits per heavy atom. The fourth-order valence-corrected chi connectivity index (χ4v) is 2.30. The van der Waals surface area contributed by atoms with Gasteiger partial charge >= 0.3 is 11.8 Å². The van der Waals surface area contributed by atoms with Gasteiger partial charge in [0.1, 0.15) is 17.3 Å². The number of para-hydroxylation sites is 1. The number of nitro groups is 1. The zero-order chi connectivity index (χ0) is 20.8. The van der Waals surface area contributed by atoms with E-state index in [9.17, 15) is 24.1 Å². The van der Waals surface area contributed by atoms with Crippen LogP contribution in [0.25, 0.3) is 11.3 Å². The SMILES string of the molecule is O=C(N/N=C/c1ccc(-c2cccc([N+](=O)[O-])c2)o1)C(=O)Nc1ccccc1F. The minimum atomic E-state index is -1.10. The molecule has 0 atom stereocenters. The molecule has 0 unspecified atom stereocenters. The van der Waals surface area contributed by atoms with Gasteiger partial charge in [0, 0.05) is 17.7 Å². The van der Waals surface area contributed by atoms with Gasteiger partial charge in [0.2, 0.25) is 0 Å². The van der Waals surface area contributed by atoms with Gasteiger partial charge in [-0.25, -0.2) is 9.82 Å². The summed E-state index contributed by atoms with van der Waals surface area (Å²) < 4.78 is 19.0. The summed E-state index contributed by atoms with van der Waals surface area (Å²) in [6.45, 7) is 0. The number of anilines is 1. The van der Waals surface area contributed by atoms with Crippen LogP contribution in [0, 0.1) is 15.9 Å². The van der Waals surface area contributed by atoms with Crippen LogP contribution < -0.4 is 10.7 Å². The highest BCUT2D eigenvalue weighted by Gasteiger charge is 2.15. The number of carbonyl (C=O) groups excluding carboxylic acids is 2. The van der Waals surface area contributed by atoms with Crippen LogP contribution in [0.5, 0.6) is 0 Å². The van der Waals surface area contributed by atoms with Crippen LogP contribution in [0.15, 0.2) is 70.2 Å². The van der Waals surface area contributed by atoms with Gasteiger partial charge in [-0.15, -0.1) is 0 Å². The first-order chi connectivity index (χ1) is 13.9. The van der Waals surface area contributed by atoms with E-state index in [2.05, 4.69) is 10.4 Å². The molecule has 2 amide bonds. The zero-order valence-electron chi connectivity index (χ0n) is 14.7. The summed E-state index contributed by atoms with van der Waals surface area (Å²) in [5, 5.41) is 16.6. The van der Waals surface area contributed by atoms with E-state index in [0.717, 1.165) is 12.3 Å². The summed E-state index contributed by atoms with van der Waals surface area (Å²) in [7, 11) is 0. The average Bonchev–Trinajstić information content (AvgIpc) is 3.18. The molecule has 0 spiro atoms. The van der Waals surface area contributed by atoms with E-state index in [1.807, 2.05) is 5.43 Å². The fraction of sp³-hybridized carbons (Fsp3) is 0. The van der Waals surface area contributed by atoms with Gasteiger partial charge in [-0.1, -0.05) is 24.3 Å². The minimum Gasteiger partial charge on any atom is -0.455 e. The molecule has 0 saturated carbocycles. The molecule has 3 aromatic rings. The quantitative estimate of drug-likeness (QED) is 0.297. The molecule has 9 nitrogen and oxygen atoms in total. The van der Waals surface area contributed by atoms with E-state index in [1.165, 1.54) is 42.5 Å². The number of furan rings is 1. The number of amides is 2. The molecule has 0 aliphatic heterocycles. The summed E-state index contributed by atoms with van der Waals surface area (Å²) in [5.74, 6) is -2.28. The molecule has 10 heteroatoms. The number of hydrazone groups is 1. The normalized spacial score (nSPS) is 10.7. The molecule has 29 heavy (non-hydrogen) atoms. The van der Waals surface area contributed by atoms with Gasteiger partial charge < -0.3 is 9.73 Å². The molecule has 2 N–H and O–H groups in total. The lowest BCUT2D eigenvalue weighted by molar-refractivity contribution is -0.384. The van der Waals surface area contributed by atoms with Crippen molar-refractivity contribution in [3.8, 4) is 11.3 Å². The molecule has 1 heterocycles. The Morgan fingerprint density at radius 2 is 1.86 bits per heavy atom. The van der Waals surface area contributed by atoms with Gasteiger partial charge in [-0.05, 0) is 24.3 Å². The van der Waals surface area contributed by atoms with Crippen molar-refractivity contribution in [2.24, 2.45) is 5.10 Å². The van der Waals surface area contributed by atoms with Crippen LogP contribution >= 0.6 is 0 Å². The number of rotatable bonds is 5. The van der Waals surface area contributed by atoms with Gasteiger partial charge in [-0.2, -0.15) is 5.10 Å². The number of benzene rings is 2. The van der Waals surface area contributed by atoms with E-state index < -0.39 is 22.6 Å². The Bertz CT molecular complexity index is 1110. The molecule has 0 aliphatic rings. The van der Waals surface area contributed by atoms with Crippen LogP contribution in [0.1, 0.15) is 5.76 Å². The predicted molar refractivity (Wildman–Crippen MR) is 102 cm³/mol. The molecule has 0 radical (unpaired) electrons. The van der Waals surface area contributed by atoms with Crippen molar-refractivity contribution in [3.05, 3.63) is 82.4 Å². The van der Waals surface area contributed by atoms with Crippen molar-refractivity contribution in [2.45, 2.75) is 0 Å². The van der Waals surface area contributed by atoms with E-state index >= 15 is 0 Å². The third kappa shape index (κ3) is 4.89. The summed E-state index contributed by atoms with van der Waals surface area (Å²) in [4.78, 5) is 33.8. The maximum absolute atomic E-state index is 13.5. The summed E-state index contributed by atoms with van der Waals surface area (Å²) in [5.41, 5.74) is 2.27. The standard InChI is InChI=1S/C19H13FN4O5/c20-15-6-1-2-7-16(15)22-18(25)19(26)23-21-11-14-8-9-17(29-14)12-4-3-5-13(10-12)24(27)28/h1-11H,(H,22,25)(H,23,26)/b21-11+. The number of non-ortho nitro benzene ring substituents is 1. The van der Waals surface area contributed by atoms with Crippen molar-refractivity contribution in [2.75, 3.05) is 5.32 Å². The number of nitrogens with one attached hydrogen (secondary N) is 2. The fourth-order valence-electron chi connectivity index (χ4n) is 2.30. The predicted octanol–water partition coefficient (Wildman–Crippen LogP) is 3.08. The van der Waals surface area contributed by atoms with E-state index in [-0.39, 0.29) is 17.1 Å². The lowest BCUT2D eigenvalue weighted by atomic mass is 10.1. The van der Waals surface area contributed by atoms with Crippen molar-refractivity contribution in [1.82, 2.24) is 5.43 Å². The first-order valence-electron chi connectivity index (χ1n) is 8.17. The Hall–Kier alpha value is -4.34. The highest BCUT2D eigenvalue weighted by Crippen LogP contribution is 2.25. The van der Waals surface area contributed by atoms with Gasteiger partial charge in [0.25, 0.3) is 5.69 Å². The largest absolute Gasteiger partial charge is 0.455 e. The Labute approximate surface area is 163 Å². The second-order valence-corrected chi connectivity index (χ2v) is 5.64. The van der Waals surface area contributed by atoms with Crippen LogP contribution in [0.3, 0.4) is 0 Å². The number of halogens is 1. The smallest absolute Gasteiger partial charge is 0.329 e. The molecule has 1 aromatic heterocycles. The zero-order valence-corrected chi connectivity index (χ0v) is 14.7. The van der Waals surface area contributed by atoms with Crippen molar-refractivity contribution < 1.29 is 23.3 Å². The lowest BCUT2D eigenvalue weighted by Gasteiger charge is -2.04. The van der Waals surface area contributed by atoms with E-state index in [4.69, 9.17) is 4.42 Å². The minimum absolute atomic E-state index is 0.0813. The number of nitrogens with zero attached hydrogens (tertiary/aromatic N) is 2. The molecule has 2 aromatic carbocycles. The Kier molecular flexibility index (Phi) is 5.74. The molecular weight excluding hydrogens is 383 g/mol. The average molecular weight is 396 g/mol. The molecule has 3 rings (SSSR count). The Balaban J connectivity index is 1.60. The molecule has 0 aliphatic carbocycles. The van der Waals surface area contributed by atoms with Gasteiger partial charge in [0.05, 0.1) is 16.8 Å². The highest BCUT2D eigenvalue weighted by atomic mass is 19.1. The topological polar surface area (TPSA) is 127 Å². The highest BCUT2D eigenvalue weighted by molar-refractivity contribution is 6.39. The van der Waals surface area contributed by atoms with Crippen LogP contribution in [0.4, 0.5) is 15.8 Å². The van der Waals surface area contributed by atoms with E-state index in [1.54, 1.807) is 12.1 Å². The molecule has 0 bridgehead atoms. The summed E-state index contributed by atoms with van der Waals surface area (Å²) in [6.07, 6.45) is 1.15. The number of carbonyl (C=O) groups is 2. The maximum atomic E-state index is 13.5. The monoisotopic (exact) mass is 396 g/mol. The molecular formula is C19H13FN4O5. The first-order valence-corrected chi connectivity index (χ1v) is 8.17. The van der Waals surface area contributed by atoms with Gasteiger partial charge in [-0.3, -0.25) is 19.7 Å². The van der Waals surface area contributed by atoms with Crippen molar-refractivity contribution in [1.29, 1.82) is 0 Å². The van der Waals surface area contributed by atoms with Crippen LogP contribution in [0.2, 0.25) is 0 Å². The second-order valence-electron chi connectivity index (χ2n) is 5.64. The van der Waals surface area contributed by atoms with Crippen molar-refractivity contribution in [3.63, 3.8) is 0 Å². The Morgan fingerprint density at radius 1 is 1.07 bits per heavy atom. The molecule has 146 valence electrons. The third-order valence-electron chi connectivity index (χ3n) is 3.65. The second kappa shape index (κ2) is 8.57. The summed E-state index contributed by atoms with van der Waals surface area (Å²) >= 11 is 0. The maximum Gasteiger partial charge on any atom is 0.329 e. The number of hydrogen-bond acceptors (Lipinski definition) is 6. The molecule has 0 fully saturated rings. The van der Waals surface area contributed by atoms with Crippen LogP contribution in [-0.2, 0) is 9.59 Å². The first kappa shape index (κ1) is 19.4. The number of nitro benzene ring substituents is 1. The van der Waals surface area contributed by atoms with Crippen molar-refractivity contribution >= 4 is 29.4 Å².